The predicted octanol–water partition coefficient (Wildman–Crippen LogP) is 3.41. The van der Waals surface area contributed by atoms with Crippen molar-refractivity contribution in [1.82, 2.24) is 10.6 Å². The van der Waals surface area contributed by atoms with Crippen LogP contribution in [0.25, 0.3) is 0 Å². The van der Waals surface area contributed by atoms with E-state index in [0.717, 1.165) is 11.1 Å². The number of carbonyl (C=O) groups excluding carboxylic acids is 2. The van der Waals surface area contributed by atoms with Crippen molar-refractivity contribution in [3.63, 3.8) is 0 Å². The average Bonchev–Trinajstić information content (AvgIpc) is 2.56. The van der Waals surface area contributed by atoms with Gasteiger partial charge in [0.2, 0.25) is 0 Å². The molecule has 0 aromatic carbocycles. The standard InChI is InChI=1S/2C11H13NO.Cu/c2*13-11-7-2-1-4-9(11)8-12-10-5-3-6-10;/h2*1-2,4,7-8,10,12H,3,5-6H2;. The van der Waals surface area contributed by atoms with Gasteiger partial charge in [0.1, 0.15) is 0 Å². The number of ketones is 2. The van der Waals surface area contributed by atoms with Crippen LogP contribution in [0.2, 0.25) is 0 Å². The van der Waals surface area contributed by atoms with Gasteiger partial charge in [-0.25, -0.2) is 0 Å². The minimum atomic E-state index is 0. The van der Waals surface area contributed by atoms with Gasteiger partial charge in [0.25, 0.3) is 0 Å². The third kappa shape index (κ3) is 6.53. The Morgan fingerprint density at radius 2 is 1.04 bits per heavy atom. The summed E-state index contributed by atoms with van der Waals surface area (Å²) in [5, 5.41) is 6.50. The average molecular weight is 414 g/mol. The number of carbonyl (C=O) groups is 2. The maximum Gasteiger partial charge on any atom is 0.187 e. The summed E-state index contributed by atoms with van der Waals surface area (Å²) in [4.78, 5) is 22.5. The first-order valence-electron chi connectivity index (χ1n) is 9.43. The molecule has 147 valence electrons. The first-order valence-corrected chi connectivity index (χ1v) is 9.43. The van der Waals surface area contributed by atoms with Gasteiger partial charge in [-0.2, -0.15) is 0 Å². The van der Waals surface area contributed by atoms with Crippen molar-refractivity contribution >= 4 is 11.6 Å². The number of rotatable bonds is 4. The molecule has 4 rings (SSSR count). The Bertz CT molecular complexity index is 659. The molecule has 0 heterocycles. The monoisotopic (exact) mass is 413 g/mol. The van der Waals surface area contributed by atoms with Gasteiger partial charge in [-0.05, 0) is 62.8 Å². The molecule has 1 radical (unpaired) electrons. The van der Waals surface area contributed by atoms with E-state index < -0.39 is 0 Å². The number of hydrogen-bond acceptors (Lipinski definition) is 4. The molecule has 0 aromatic heterocycles. The molecule has 0 spiro atoms. The summed E-state index contributed by atoms with van der Waals surface area (Å²) in [5.41, 5.74) is 1.52. The molecule has 2 fully saturated rings. The van der Waals surface area contributed by atoms with Crippen molar-refractivity contribution in [2.24, 2.45) is 0 Å². The zero-order valence-corrected chi connectivity index (χ0v) is 16.2. The van der Waals surface area contributed by atoms with Crippen LogP contribution in [0.1, 0.15) is 38.5 Å². The molecule has 4 nitrogen and oxygen atoms in total. The Balaban J connectivity index is 0.000000187. The Labute approximate surface area is 171 Å². The fourth-order valence-corrected chi connectivity index (χ4v) is 2.76. The van der Waals surface area contributed by atoms with Gasteiger partial charge in [-0.3, -0.25) is 9.59 Å². The molecule has 4 aliphatic rings. The smallest absolute Gasteiger partial charge is 0.187 e. The summed E-state index contributed by atoms with van der Waals surface area (Å²) < 4.78 is 0. The van der Waals surface area contributed by atoms with E-state index in [1.54, 1.807) is 24.3 Å². The molecule has 27 heavy (non-hydrogen) atoms. The van der Waals surface area contributed by atoms with E-state index in [1.807, 2.05) is 36.7 Å². The van der Waals surface area contributed by atoms with Crippen molar-refractivity contribution < 1.29 is 26.7 Å². The molecule has 0 amide bonds. The van der Waals surface area contributed by atoms with Gasteiger partial charge < -0.3 is 10.6 Å². The fraction of sp³-hybridized carbons (Fsp3) is 0.364. The normalized spacial score (nSPS) is 24.0. The topological polar surface area (TPSA) is 58.2 Å². The van der Waals surface area contributed by atoms with Gasteiger partial charge in [0.05, 0.1) is 0 Å². The van der Waals surface area contributed by atoms with Crippen LogP contribution in [0.3, 0.4) is 0 Å². The Hall–Kier alpha value is -2.10. The molecule has 0 saturated heterocycles. The van der Waals surface area contributed by atoms with Crippen LogP contribution < -0.4 is 10.6 Å². The van der Waals surface area contributed by atoms with E-state index in [0.29, 0.717) is 12.1 Å². The van der Waals surface area contributed by atoms with Crippen LogP contribution in [0.4, 0.5) is 0 Å². The zero-order valence-electron chi connectivity index (χ0n) is 15.3. The Morgan fingerprint density at radius 1 is 0.667 bits per heavy atom. The molecule has 0 bridgehead atoms. The molecule has 0 aromatic rings. The van der Waals surface area contributed by atoms with E-state index in [-0.39, 0.29) is 28.6 Å². The van der Waals surface area contributed by atoms with Crippen molar-refractivity contribution in [1.29, 1.82) is 0 Å². The van der Waals surface area contributed by atoms with Crippen LogP contribution in [0.15, 0.2) is 72.2 Å². The summed E-state index contributed by atoms with van der Waals surface area (Å²) in [7, 11) is 0. The molecule has 0 unspecified atom stereocenters. The predicted molar refractivity (Wildman–Crippen MR) is 104 cm³/mol. The Morgan fingerprint density at radius 3 is 1.33 bits per heavy atom. The van der Waals surface area contributed by atoms with Gasteiger partial charge in [0, 0.05) is 52.7 Å². The number of allylic oxidation sites excluding steroid dienone is 10. The summed E-state index contributed by atoms with van der Waals surface area (Å²) in [6, 6.07) is 1.19. The maximum atomic E-state index is 11.3. The first kappa shape index (κ1) is 21.2. The minimum Gasteiger partial charge on any atom is -0.388 e. The van der Waals surface area contributed by atoms with Crippen LogP contribution >= 0.6 is 0 Å². The summed E-state index contributed by atoms with van der Waals surface area (Å²) in [5.74, 6) is 0.184. The maximum absolute atomic E-state index is 11.3. The number of nitrogens with one attached hydrogen (secondary N) is 2. The van der Waals surface area contributed by atoms with Crippen molar-refractivity contribution in [2.75, 3.05) is 0 Å². The molecule has 2 N–H and O–H groups in total. The van der Waals surface area contributed by atoms with Crippen LogP contribution in [0.5, 0.6) is 0 Å². The van der Waals surface area contributed by atoms with E-state index in [9.17, 15) is 9.59 Å². The van der Waals surface area contributed by atoms with Crippen molar-refractivity contribution in [2.45, 2.75) is 50.6 Å². The van der Waals surface area contributed by atoms with Crippen molar-refractivity contribution in [3.8, 4) is 0 Å². The molecule has 5 heteroatoms. The second-order valence-electron chi connectivity index (χ2n) is 6.95. The number of hydrogen-bond donors (Lipinski definition) is 2. The van der Waals surface area contributed by atoms with Crippen LogP contribution in [0, 0.1) is 0 Å². The van der Waals surface area contributed by atoms with E-state index >= 15 is 0 Å². The summed E-state index contributed by atoms with van der Waals surface area (Å²) >= 11 is 0. The quantitative estimate of drug-likeness (QED) is 0.547. The zero-order chi connectivity index (χ0) is 18.2. The van der Waals surface area contributed by atoms with Gasteiger partial charge in [0.15, 0.2) is 11.6 Å². The third-order valence-corrected chi connectivity index (χ3v) is 5.00. The van der Waals surface area contributed by atoms with Crippen LogP contribution in [-0.2, 0) is 26.7 Å². The second kappa shape index (κ2) is 10.9. The van der Waals surface area contributed by atoms with Gasteiger partial charge in [-0.1, -0.05) is 24.3 Å². The minimum absolute atomic E-state index is 0. The molecule has 2 saturated carbocycles. The van der Waals surface area contributed by atoms with Gasteiger partial charge >= 0.3 is 0 Å². The summed E-state index contributed by atoms with van der Waals surface area (Å²) in [6.07, 6.45) is 25.4. The van der Waals surface area contributed by atoms with Crippen molar-refractivity contribution in [3.05, 3.63) is 72.2 Å². The first-order chi connectivity index (χ1) is 12.7. The van der Waals surface area contributed by atoms with E-state index in [2.05, 4.69) is 10.6 Å². The molecule has 0 atom stereocenters. The Kier molecular flexibility index (Phi) is 8.56. The molecule has 0 aliphatic heterocycles. The van der Waals surface area contributed by atoms with E-state index in [4.69, 9.17) is 0 Å². The van der Waals surface area contributed by atoms with Crippen LogP contribution in [-0.4, -0.2) is 23.7 Å². The molecular formula is C22H26CuN2O2. The summed E-state index contributed by atoms with van der Waals surface area (Å²) in [6.45, 7) is 0. The largest absolute Gasteiger partial charge is 0.388 e. The second-order valence-corrected chi connectivity index (χ2v) is 6.95. The molecular weight excluding hydrogens is 388 g/mol. The third-order valence-electron chi connectivity index (χ3n) is 5.00. The molecule has 4 aliphatic carbocycles. The fourth-order valence-electron chi connectivity index (χ4n) is 2.76. The van der Waals surface area contributed by atoms with Gasteiger partial charge in [-0.15, -0.1) is 0 Å². The SMILES string of the molecule is O=C1C=CC=CC1=CNC1CCC1.O=C1C=CC=CC1=CNC1CCC1.[Cu]. The van der Waals surface area contributed by atoms with E-state index in [1.165, 1.54) is 38.5 Å².